The van der Waals surface area contributed by atoms with Crippen molar-refractivity contribution >= 4 is 7.25 Å². The highest BCUT2D eigenvalue weighted by Crippen LogP contribution is 2.06. The van der Waals surface area contributed by atoms with Crippen LogP contribution in [0.25, 0.3) is 0 Å². The lowest BCUT2D eigenvalue weighted by molar-refractivity contribution is -0.452. The lowest BCUT2D eigenvalue weighted by atomic mass is 10.3. The monoisotopic (exact) mass is 206 g/mol. The predicted molar refractivity (Wildman–Crippen MR) is 44.0 cm³/mol. The molecule has 0 spiro atoms. The summed E-state index contributed by atoms with van der Waals surface area (Å²) in [6.45, 7) is 8.60. The summed E-state index contributed by atoms with van der Waals surface area (Å²) in [5.41, 5.74) is 0. The van der Waals surface area contributed by atoms with Crippen LogP contribution in [0, 0.1) is 0 Å². The van der Waals surface area contributed by atoms with Crippen LogP contribution in [0.15, 0.2) is 0 Å². The van der Waals surface area contributed by atoms with Crippen LogP contribution in [0.4, 0.5) is 17.3 Å². The van der Waals surface area contributed by atoms with Crippen molar-refractivity contribution in [2.75, 3.05) is 19.8 Å². The Morgan fingerprint density at radius 2 is 1.31 bits per heavy atom. The highest BCUT2D eigenvalue weighted by molar-refractivity contribution is 6.50. The van der Waals surface area contributed by atoms with Crippen LogP contribution in [0.3, 0.4) is 0 Å². The van der Waals surface area contributed by atoms with Crippen LogP contribution < -0.4 is 0 Å². The van der Waals surface area contributed by atoms with E-state index in [4.69, 9.17) is 4.89 Å². The van der Waals surface area contributed by atoms with Gasteiger partial charge in [-0.1, -0.05) is 0 Å². The zero-order valence-electron chi connectivity index (χ0n) is 8.03. The van der Waals surface area contributed by atoms with Crippen molar-refractivity contribution in [1.29, 1.82) is 0 Å². The van der Waals surface area contributed by atoms with Gasteiger partial charge in [0.05, 0.1) is 0 Å². The fraction of sp³-hybridized carbons (Fsp3) is 1.00. The molecule has 13 heavy (non-hydrogen) atoms. The third kappa shape index (κ3) is 24.5. The Morgan fingerprint density at radius 3 is 1.38 bits per heavy atom. The van der Waals surface area contributed by atoms with Crippen molar-refractivity contribution in [2.24, 2.45) is 0 Å². The van der Waals surface area contributed by atoms with Gasteiger partial charge in [-0.25, -0.2) is 4.52 Å². The molecule has 0 rings (SSSR count). The molecule has 0 saturated heterocycles. The van der Waals surface area contributed by atoms with Gasteiger partial charge in [0.15, 0.2) is 13.2 Å². The van der Waals surface area contributed by atoms with Gasteiger partial charge in [0.25, 0.3) is 0 Å². The molecule has 0 aromatic rings. The Labute approximate surface area is 75.6 Å². The summed E-state index contributed by atoms with van der Waals surface area (Å²) in [6.07, 6.45) is 0. The van der Waals surface area contributed by atoms with Gasteiger partial charge in [-0.05, 0) is 6.92 Å². The highest BCUT2D eigenvalue weighted by Gasteiger charge is 2.20. The second-order valence-corrected chi connectivity index (χ2v) is 1.92. The summed E-state index contributed by atoms with van der Waals surface area (Å²) < 4.78 is 41.6. The maximum Gasteiger partial charge on any atom is 0.673 e. The first kappa shape index (κ1) is 15.2. The number of rotatable bonds is 4. The number of halogens is 4. The Morgan fingerprint density at radius 1 is 1.00 bits per heavy atom. The minimum Gasteiger partial charge on any atom is -0.418 e. The Kier molecular flexibility index (Phi) is 9.71. The van der Waals surface area contributed by atoms with E-state index in [0.29, 0.717) is 0 Å². The molecule has 0 N–H and O–H groups in total. The third-order valence-electron chi connectivity index (χ3n) is 0.928. The van der Waals surface area contributed by atoms with Crippen molar-refractivity contribution < 1.29 is 26.7 Å². The Hall–Kier alpha value is -0.295. The van der Waals surface area contributed by atoms with Crippen LogP contribution >= 0.6 is 0 Å². The molecular weight excluding hydrogens is 191 g/mol. The summed E-state index contributed by atoms with van der Waals surface area (Å²) in [4.78, 5) is 5.09. The first-order chi connectivity index (χ1) is 5.85. The summed E-state index contributed by atoms with van der Waals surface area (Å²) >= 11 is 0. The third-order valence-corrected chi connectivity index (χ3v) is 0.928. The summed E-state index contributed by atoms with van der Waals surface area (Å²) in [5, 5.41) is 0. The molecule has 0 saturated carbocycles. The predicted octanol–water partition coefficient (Wildman–Crippen LogP) is 2.83. The van der Waals surface area contributed by atoms with Crippen LogP contribution in [0.5, 0.6) is 0 Å². The van der Waals surface area contributed by atoms with Gasteiger partial charge in [0.2, 0.25) is 0 Å². The van der Waals surface area contributed by atoms with E-state index in [9.17, 15) is 17.3 Å². The Balaban J connectivity index is 0. The van der Waals surface area contributed by atoms with E-state index >= 15 is 0 Å². The summed E-state index contributed by atoms with van der Waals surface area (Å²) in [5.74, 6) is 0. The molecule has 0 heterocycles. The van der Waals surface area contributed by atoms with Crippen molar-refractivity contribution in [3.63, 3.8) is 0 Å². The van der Waals surface area contributed by atoms with Crippen molar-refractivity contribution in [3.05, 3.63) is 0 Å². The molecule has 0 aromatic heterocycles. The van der Waals surface area contributed by atoms with Gasteiger partial charge in [0, 0.05) is 13.8 Å². The van der Waals surface area contributed by atoms with E-state index in [1.807, 2.05) is 20.8 Å². The van der Waals surface area contributed by atoms with Crippen LogP contribution in [0.1, 0.15) is 20.8 Å². The average Bonchev–Trinajstić information content (AvgIpc) is 1.97. The van der Waals surface area contributed by atoms with Gasteiger partial charge in [-0.3, -0.25) is 0 Å². The lowest BCUT2D eigenvalue weighted by Gasteiger charge is -2.08. The topological polar surface area (TPSA) is 11.9 Å². The second kappa shape index (κ2) is 8.31. The molecule has 0 amide bonds. The molecule has 0 atom stereocenters. The quantitative estimate of drug-likeness (QED) is 0.226. The number of hydrogen-bond acceptors (Lipinski definition) is 1. The molecular formula is C6H15BF4O2. The van der Waals surface area contributed by atoms with E-state index in [1.54, 1.807) is 0 Å². The molecule has 0 aliphatic carbocycles. The van der Waals surface area contributed by atoms with E-state index < -0.39 is 7.25 Å². The van der Waals surface area contributed by atoms with Gasteiger partial charge in [-0.15, -0.1) is 4.89 Å². The molecule has 0 radical (unpaired) electrons. The summed E-state index contributed by atoms with van der Waals surface area (Å²) in [6, 6.07) is 0. The Bertz CT molecular complexity index is 99.3. The van der Waals surface area contributed by atoms with Crippen molar-refractivity contribution in [1.82, 2.24) is 0 Å². The van der Waals surface area contributed by atoms with E-state index in [0.717, 1.165) is 19.8 Å². The van der Waals surface area contributed by atoms with Crippen molar-refractivity contribution in [2.45, 2.75) is 20.8 Å². The molecule has 0 unspecified atom stereocenters. The normalized spacial score (nSPS) is 11.1. The molecule has 0 aromatic carbocycles. The standard InChI is InChI=1S/C6H15O2.BF4/c1-4-7-8(5-2)6-3;2-1(3,4)5/h4-6H2,1-3H3;/q+1;-1. The molecule has 2 nitrogen and oxygen atoms in total. The molecule has 7 heteroatoms. The SMILES string of the molecule is CCO[O+](CC)CC.F[B-](F)(F)F. The summed E-state index contributed by atoms with van der Waals surface area (Å²) in [7, 11) is -6.00. The lowest BCUT2D eigenvalue weighted by Crippen LogP contribution is -2.13. The molecule has 0 aliphatic heterocycles. The zero-order chi connectivity index (χ0) is 10.9. The second-order valence-electron chi connectivity index (χ2n) is 1.92. The molecule has 0 bridgehead atoms. The van der Waals surface area contributed by atoms with Gasteiger partial charge in [0.1, 0.15) is 6.61 Å². The van der Waals surface area contributed by atoms with E-state index in [-0.39, 0.29) is 0 Å². The van der Waals surface area contributed by atoms with Gasteiger partial charge in [-0.2, -0.15) is 0 Å². The van der Waals surface area contributed by atoms with E-state index in [1.165, 1.54) is 0 Å². The van der Waals surface area contributed by atoms with Gasteiger partial charge < -0.3 is 17.3 Å². The van der Waals surface area contributed by atoms with Crippen molar-refractivity contribution in [3.8, 4) is 0 Å². The first-order valence-electron chi connectivity index (χ1n) is 4.03. The highest BCUT2D eigenvalue weighted by atomic mass is 19.5. The minimum atomic E-state index is -6.00. The molecule has 0 aliphatic rings. The average molecular weight is 206 g/mol. The number of hydrogen-bond donors (Lipinski definition) is 0. The van der Waals surface area contributed by atoms with E-state index in [2.05, 4.69) is 4.52 Å². The maximum atomic E-state index is 9.75. The minimum absolute atomic E-state index is 0.742. The molecule has 82 valence electrons. The largest absolute Gasteiger partial charge is 0.673 e. The molecule has 0 fully saturated rings. The zero-order valence-corrected chi connectivity index (χ0v) is 8.03. The smallest absolute Gasteiger partial charge is 0.418 e. The van der Waals surface area contributed by atoms with Crippen LogP contribution in [0.2, 0.25) is 0 Å². The van der Waals surface area contributed by atoms with Crippen LogP contribution in [-0.2, 0) is 9.41 Å². The first-order valence-corrected chi connectivity index (χ1v) is 4.03. The maximum absolute atomic E-state index is 9.75. The fourth-order valence-corrected chi connectivity index (χ4v) is 0.537. The fourth-order valence-electron chi connectivity index (χ4n) is 0.537. The van der Waals surface area contributed by atoms with Crippen LogP contribution in [-0.4, -0.2) is 27.1 Å². The van der Waals surface area contributed by atoms with Gasteiger partial charge >= 0.3 is 7.25 Å².